The Balaban J connectivity index is 2.23. The third kappa shape index (κ3) is 4.95. The summed E-state index contributed by atoms with van der Waals surface area (Å²) in [5.41, 5.74) is 13.7. The average molecular weight is 403 g/mol. The molecule has 4 nitrogen and oxygen atoms in total. The highest BCUT2D eigenvalue weighted by Crippen LogP contribution is 2.34. The molecule has 0 saturated carbocycles. The van der Waals surface area contributed by atoms with Crippen molar-refractivity contribution in [2.75, 3.05) is 6.61 Å². The lowest BCUT2D eigenvalue weighted by atomic mass is 9.90. The van der Waals surface area contributed by atoms with Crippen molar-refractivity contribution in [1.29, 1.82) is 0 Å². The Labute approximate surface area is 178 Å². The molecule has 2 aromatic carbocycles. The van der Waals surface area contributed by atoms with Gasteiger partial charge in [0, 0.05) is 23.7 Å². The smallest absolute Gasteiger partial charge is 0.330 e. The van der Waals surface area contributed by atoms with Gasteiger partial charge in [-0.2, -0.15) is 0 Å². The van der Waals surface area contributed by atoms with Crippen LogP contribution in [0, 0.1) is 12.8 Å². The largest absolute Gasteiger partial charge is 0.463 e. The van der Waals surface area contributed by atoms with Crippen molar-refractivity contribution in [3.63, 3.8) is 0 Å². The molecule has 0 radical (unpaired) electrons. The van der Waals surface area contributed by atoms with E-state index in [-0.39, 0.29) is 5.97 Å². The van der Waals surface area contributed by atoms with Crippen molar-refractivity contribution in [3.8, 4) is 11.1 Å². The van der Waals surface area contributed by atoms with E-state index in [0.29, 0.717) is 19.1 Å². The van der Waals surface area contributed by atoms with Crippen LogP contribution in [0.1, 0.15) is 43.2 Å². The van der Waals surface area contributed by atoms with Gasteiger partial charge >= 0.3 is 5.97 Å². The first-order chi connectivity index (χ1) is 14.4. The minimum Gasteiger partial charge on any atom is -0.463 e. The van der Waals surface area contributed by atoms with Gasteiger partial charge in [-0.3, -0.25) is 4.98 Å². The summed E-state index contributed by atoms with van der Waals surface area (Å²) in [6.07, 6.45) is 4.12. The van der Waals surface area contributed by atoms with Crippen LogP contribution in [0.15, 0.2) is 48.5 Å². The zero-order chi connectivity index (χ0) is 21.7. The van der Waals surface area contributed by atoms with E-state index in [9.17, 15) is 4.79 Å². The summed E-state index contributed by atoms with van der Waals surface area (Å²) in [5, 5.41) is 1.04. The third-order valence-corrected chi connectivity index (χ3v) is 5.04. The first-order valence-electron chi connectivity index (χ1n) is 10.5. The van der Waals surface area contributed by atoms with Gasteiger partial charge in [-0.1, -0.05) is 49.7 Å². The summed E-state index contributed by atoms with van der Waals surface area (Å²) in [6.45, 7) is 9.06. The normalized spacial score (nSPS) is 11.5. The van der Waals surface area contributed by atoms with Crippen LogP contribution in [-0.4, -0.2) is 17.6 Å². The van der Waals surface area contributed by atoms with Gasteiger partial charge in [0.05, 0.1) is 12.1 Å². The molecule has 0 aliphatic heterocycles. The number of hydrogen-bond acceptors (Lipinski definition) is 4. The Morgan fingerprint density at radius 2 is 1.90 bits per heavy atom. The van der Waals surface area contributed by atoms with Gasteiger partial charge in [-0.05, 0) is 66.6 Å². The number of rotatable bonds is 7. The first kappa shape index (κ1) is 21.7. The monoisotopic (exact) mass is 402 g/mol. The molecule has 156 valence electrons. The quantitative estimate of drug-likeness (QED) is 0.422. The Bertz CT molecular complexity index is 1070. The predicted octanol–water partition coefficient (Wildman–Crippen LogP) is 5.44. The number of hydrogen-bond donors (Lipinski definition) is 1. The number of aromatic nitrogens is 1. The van der Waals surface area contributed by atoms with Crippen molar-refractivity contribution in [2.24, 2.45) is 11.7 Å². The Morgan fingerprint density at radius 3 is 2.53 bits per heavy atom. The summed E-state index contributed by atoms with van der Waals surface area (Å²) < 4.78 is 4.99. The van der Waals surface area contributed by atoms with Crippen LogP contribution in [-0.2, 0) is 22.5 Å². The van der Waals surface area contributed by atoms with E-state index < -0.39 is 0 Å². The van der Waals surface area contributed by atoms with Crippen molar-refractivity contribution in [1.82, 2.24) is 4.98 Å². The molecular formula is C26H30N2O2. The molecule has 4 heteroatoms. The molecule has 30 heavy (non-hydrogen) atoms. The van der Waals surface area contributed by atoms with E-state index in [1.807, 2.05) is 12.1 Å². The van der Waals surface area contributed by atoms with Crippen LogP contribution in [0.5, 0.6) is 0 Å². The molecule has 0 aliphatic carbocycles. The zero-order valence-corrected chi connectivity index (χ0v) is 18.2. The Morgan fingerprint density at radius 1 is 1.17 bits per heavy atom. The standard InChI is InChI=1S/C26H30N2O2/c1-5-30-25(29)13-9-19-8-12-23-21(15-19)26(20-10-6-18(4)7-11-20)22(16-27)24(28-23)14-17(2)3/h6-13,15,17H,5,14,16,27H2,1-4H3/b13-9+. The Hall–Kier alpha value is -2.98. The number of carbonyl (C=O) groups excluding carboxylic acids is 1. The maximum Gasteiger partial charge on any atom is 0.330 e. The highest BCUT2D eigenvalue weighted by molar-refractivity contribution is 5.98. The van der Waals surface area contributed by atoms with Gasteiger partial charge < -0.3 is 10.5 Å². The second kappa shape index (κ2) is 9.68. The van der Waals surface area contributed by atoms with Crippen LogP contribution in [0.2, 0.25) is 0 Å². The number of nitrogens with two attached hydrogens (primary N) is 1. The van der Waals surface area contributed by atoms with E-state index in [1.54, 1.807) is 13.0 Å². The Kier molecular flexibility index (Phi) is 7.01. The third-order valence-electron chi connectivity index (χ3n) is 5.04. The fourth-order valence-electron chi connectivity index (χ4n) is 3.65. The van der Waals surface area contributed by atoms with Gasteiger partial charge in [-0.25, -0.2) is 4.79 Å². The van der Waals surface area contributed by atoms with E-state index in [4.69, 9.17) is 15.5 Å². The summed E-state index contributed by atoms with van der Waals surface area (Å²) in [6, 6.07) is 14.6. The maximum atomic E-state index is 11.7. The molecule has 0 bridgehead atoms. The fourth-order valence-corrected chi connectivity index (χ4v) is 3.65. The van der Waals surface area contributed by atoms with Crippen molar-refractivity contribution < 1.29 is 9.53 Å². The maximum absolute atomic E-state index is 11.7. The summed E-state index contributed by atoms with van der Waals surface area (Å²) in [4.78, 5) is 16.7. The second-order valence-electron chi connectivity index (χ2n) is 7.94. The number of esters is 1. The van der Waals surface area contributed by atoms with E-state index in [1.165, 1.54) is 11.6 Å². The topological polar surface area (TPSA) is 65.2 Å². The molecule has 2 N–H and O–H groups in total. The number of carbonyl (C=O) groups is 1. The second-order valence-corrected chi connectivity index (χ2v) is 7.94. The molecule has 0 unspecified atom stereocenters. The summed E-state index contributed by atoms with van der Waals surface area (Å²) in [7, 11) is 0. The fraction of sp³-hybridized carbons (Fsp3) is 0.308. The number of aryl methyl sites for hydroxylation is 1. The van der Waals surface area contributed by atoms with Crippen LogP contribution >= 0.6 is 0 Å². The molecule has 0 atom stereocenters. The molecule has 3 aromatic rings. The molecule has 0 aliphatic rings. The molecular weight excluding hydrogens is 372 g/mol. The number of benzene rings is 2. The van der Waals surface area contributed by atoms with Gasteiger partial charge in [-0.15, -0.1) is 0 Å². The van der Waals surface area contributed by atoms with E-state index in [2.05, 4.69) is 51.1 Å². The highest BCUT2D eigenvalue weighted by Gasteiger charge is 2.17. The molecule has 1 heterocycles. The van der Waals surface area contributed by atoms with Gasteiger partial charge in [0.25, 0.3) is 0 Å². The predicted molar refractivity (Wildman–Crippen MR) is 124 cm³/mol. The number of fused-ring (bicyclic) bond motifs is 1. The van der Waals surface area contributed by atoms with E-state index >= 15 is 0 Å². The van der Waals surface area contributed by atoms with Gasteiger partial charge in [0.15, 0.2) is 0 Å². The summed E-state index contributed by atoms with van der Waals surface area (Å²) in [5.74, 6) is 0.141. The van der Waals surface area contributed by atoms with Crippen LogP contribution in [0.25, 0.3) is 28.1 Å². The lowest BCUT2D eigenvalue weighted by Gasteiger charge is -2.18. The molecule has 3 rings (SSSR count). The van der Waals surface area contributed by atoms with Gasteiger partial charge in [0.2, 0.25) is 0 Å². The number of ether oxygens (including phenoxy) is 1. The lowest BCUT2D eigenvalue weighted by molar-refractivity contribution is -0.137. The average Bonchev–Trinajstić information content (AvgIpc) is 2.72. The minimum atomic E-state index is -0.343. The lowest BCUT2D eigenvalue weighted by Crippen LogP contribution is -2.10. The minimum absolute atomic E-state index is 0.343. The number of pyridine rings is 1. The molecule has 0 spiro atoms. The van der Waals surface area contributed by atoms with Crippen molar-refractivity contribution >= 4 is 22.9 Å². The first-order valence-corrected chi connectivity index (χ1v) is 10.5. The van der Waals surface area contributed by atoms with Crippen molar-refractivity contribution in [3.05, 3.63) is 70.9 Å². The highest BCUT2D eigenvalue weighted by atomic mass is 16.5. The zero-order valence-electron chi connectivity index (χ0n) is 18.2. The molecule has 0 fully saturated rings. The van der Waals surface area contributed by atoms with Crippen LogP contribution < -0.4 is 5.73 Å². The van der Waals surface area contributed by atoms with E-state index in [0.717, 1.165) is 45.3 Å². The number of nitrogens with zero attached hydrogens (tertiary/aromatic N) is 1. The van der Waals surface area contributed by atoms with Crippen LogP contribution in [0.3, 0.4) is 0 Å². The summed E-state index contributed by atoms with van der Waals surface area (Å²) >= 11 is 0. The molecule has 0 saturated heterocycles. The van der Waals surface area contributed by atoms with Crippen LogP contribution in [0.4, 0.5) is 0 Å². The van der Waals surface area contributed by atoms with Crippen molar-refractivity contribution in [2.45, 2.75) is 40.7 Å². The SMILES string of the molecule is CCOC(=O)/C=C/c1ccc2nc(CC(C)C)c(CN)c(-c3ccc(C)cc3)c2c1. The van der Waals surface area contributed by atoms with Gasteiger partial charge in [0.1, 0.15) is 0 Å². The molecule has 0 amide bonds. The molecule has 1 aromatic heterocycles.